The molecule has 1 rings (SSSR count). The third-order valence-electron chi connectivity index (χ3n) is 2.74. The maximum absolute atomic E-state index is 5.50. The van der Waals surface area contributed by atoms with Gasteiger partial charge in [-0.2, -0.15) is 0 Å². The number of ether oxygens (including phenoxy) is 2. The molecule has 0 unspecified atom stereocenters. The van der Waals surface area contributed by atoms with Gasteiger partial charge in [0.2, 0.25) is 0 Å². The van der Waals surface area contributed by atoms with Crippen LogP contribution in [0.1, 0.15) is 32.3 Å². The second kappa shape index (κ2) is 9.34. The van der Waals surface area contributed by atoms with Gasteiger partial charge in [-0.1, -0.05) is 6.07 Å². The van der Waals surface area contributed by atoms with Gasteiger partial charge in [0, 0.05) is 13.2 Å². The van der Waals surface area contributed by atoms with Gasteiger partial charge in [-0.3, -0.25) is 0 Å². The summed E-state index contributed by atoms with van der Waals surface area (Å²) in [5.74, 6) is 0.870. The molecule has 0 aliphatic carbocycles. The van der Waals surface area contributed by atoms with Gasteiger partial charge in [-0.15, -0.1) is 0 Å². The highest BCUT2D eigenvalue weighted by molar-refractivity contribution is 9.10. The summed E-state index contributed by atoms with van der Waals surface area (Å²) in [4.78, 5) is 0. The van der Waals surface area contributed by atoms with Crippen molar-refractivity contribution in [3.63, 3.8) is 0 Å². The number of rotatable bonds is 9. The highest BCUT2D eigenvalue weighted by Crippen LogP contribution is 2.25. The van der Waals surface area contributed by atoms with E-state index in [4.69, 9.17) is 9.47 Å². The van der Waals surface area contributed by atoms with Gasteiger partial charge in [-0.25, -0.2) is 0 Å². The molecule has 1 aromatic rings. The molecule has 0 radical (unpaired) electrons. The van der Waals surface area contributed by atoms with E-state index >= 15 is 0 Å². The van der Waals surface area contributed by atoms with Crippen molar-refractivity contribution in [2.75, 3.05) is 20.3 Å². The molecule has 0 amide bonds. The number of hydrogen-bond acceptors (Lipinski definition) is 3. The van der Waals surface area contributed by atoms with E-state index in [9.17, 15) is 0 Å². The Kier molecular flexibility index (Phi) is 8.10. The zero-order chi connectivity index (χ0) is 14.1. The van der Waals surface area contributed by atoms with Crippen LogP contribution in [0, 0.1) is 0 Å². The lowest BCUT2D eigenvalue weighted by molar-refractivity contribution is 0.0760. The number of unbranched alkanes of at least 4 members (excludes halogenated alkanes) is 1. The van der Waals surface area contributed by atoms with E-state index in [1.54, 1.807) is 7.11 Å². The molecule has 0 spiro atoms. The van der Waals surface area contributed by atoms with Gasteiger partial charge in [0.15, 0.2) is 0 Å². The molecule has 1 N–H and O–H groups in total. The molecule has 0 aliphatic heterocycles. The Morgan fingerprint density at radius 2 is 2.05 bits per heavy atom. The van der Waals surface area contributed by atoms with E-state index in [0.29, 0.717) is 6.10 Å². The van der Waals surface area contributed by atoms with Crippen LogP contribution in [0.4, 0.5) is 0 Å². The maximum atomic E-state index is 5.50. The van der Waals surface area contributed by atoms with Crippen LogP contribution >= 0.6 is 15.9 Å². The molecule has 0 heterocycles. The minimum atomic E-state index is 0.338. The monoisotopic (exact) mass is 329 g/mol. The predicted molar refractivity (Wildman–Crippen MR) is 82.7 cm³/mol. The lowest BCUT2D eigenvalue weighted by Gasteiger charge is -2.09. The van der Waals surface area contributed by atoms with Crippen LogP contribution in [-0.4, -0.2) is 26.4 Å². The summed E-state index contributed by atoms with van der Waals surface area (Å²) in [7, 11) is 1.68. The number of nitrogens with one attached hydrogen (secondary N) is 1. The van der Waals surface area contributed by atoms with Crippen LogP contribution in [0.15, 0.2) is 22.7 Å². The molecule has 1 aromatic carbocycles. The zero-order valence-corrected chi connectivity index (χ0v) is 13.6. The summed E-state index contributed by atoms with van der Waals surface area (Å²) in [5, 5.41) is 3.44. The maximum Gasteiger partial charge on any atom is 0.133 e. The average molecular weight is 330 g/mol. The molecule has 108 valence electrons. The van der Waals surface area contributed by atoms with Crippen molar-refractivity contribution in [1.29, 1.82) is 0 Å². The van der Waals surface area contributed by atoms with Gasteiger partial charge >= 0.3 is 0 Å². The fourth-order valence-electron chi connectivity index (χ4n) is 1.72. The quantitative estimate of drug-likeness (QED) is 0.700. The van der Waals surface area contributed by atoms with E-state index in [1.807, 2.05) is 6.07 Å². The van der Waals surface area contributed by atoms with Crippen molar-refractivity contribution in [1.82, 2.24) is 5.32 Å². The summed E-state index contributed by atoms with van der Waals surface area (Å²) in [6, 6.07) is 6.16. The molecule has 4 heteroatoms. The number of hydrogen-bond donors (Lipinski definition) is 1. The Hall–Kier alpha value is -0.580. The molecule has 19 heavy (non-hydrogen) atoms. The predicted octanol–water partition coefficient (Wildman–Crippen LogP) is 3.75. The zero-order valence-electron chi connectivity index (χ0n) is 12.0. The van der Waals surface area contributed by atoms with E-state index in [0.717, 1.165) is 42.8 Å². The first-order valence-electron chi connectivity index (χ1n) is 6.78. The highest BCUT2D eigenvalue weighted by atomic mass is 79.9. The summed E-state index contributed by atoms with van der Waals surface area (Å²) < 4.78 is 11.7. The number of methoxy groups -OCH3 is 1. The summed E-state index contributed by atoms with van der Waals surface area (Å²) in [6.07, 6.45) is 2.59. The third kappa shape index (κ3) is 6.95. The second-order valence-electron chi connectivity index (χ2n) is 4.77. The lowest BCUT2D eigenvalue weighted by Crippen LogP contribution is -2.15. The van der Waals surface area contributed by atoms with E-state index in [1.165, 1.54) is 5.56 Å². The Labute approximate surface area is 124 Å². The first kappa shape index (κ1) is 16.5. The Balaban J connectivity index is 2.14. The van der Waals surface area contributed by atoms with Gasteiger partial charge < -0.3 is 14.8 Å². The van der Waals surface area contributed by atoms with Crippen molar-refractivity contribution in [3.8, 4) is 5.75 Å². The molecular weight excluding hydrogens is 306 g/mol. The Bertz CT molecular complexity index is 369. The summed E-state index contributed by atoms with van der Waals surface area (Å²) >= 11 is 3.49. The van der Waals surface area contributed by atoms with Crippen LogP contribution in [0.25, 0.3) is 0 Å². The van der Waals surface area contributed by atoms with Crippen LogP contribution in [0.2, 0.25) is 0 Å². The first-order valence-corrected chi connectivity index (χ1v) is 7.57. The molecule has 0 saturated carbocycles. The lowest BCUT2D eigenvalue weighted by atomic mass is 10.2. The minimum absolute atomic E-state index is 0.338. The van der Waals surface area contributed by atoms with E-state index in [2.05, 4.69) is 47.2 Å². The van der Waals surface area contributed by atoms with Crippen LogP contribution < -0.4 is 10.1 Å². The number of benzene rings is 1. The first-order chi connectivity index (χ1) is 9.13. The van der Waals surface area contributed by atoms with Gasteiger partial charge in [0.25, 0.3) is 0 Å². The van der Waals surface area contributed by atoms with Gasteiger partial charge in [0.05, 0.1) is 17.7 Å². The van der Waals surface area contributed by atoms with Gasteiger partial charge in [-0.05, 0) is 66.9 Å². The van der Waals surface area contributed by atoms with Crippen molar-refractivity contribution in [3.05, 3.63) is 28.2 Å². The molecule has 0 bridgehead atoms. The van der Waals surface area contributed by atoms with Crippen LogP contribution in [0.5, 0.6) is 5.75 Å². The van der Waals surface area contributed by atoms with E-state index in [-0.39, 0.29) is 0 Å². The fraction of sp³-hybridized carbons (Fsp3) is 0.600. The van der Waals surface area contributed by atoms with Crippen LogP contribution in [-0.2, 0) is 11.3 Å². The summed E-state index contributed by atoms with van der Waals surface area (Å²) in [5.41, 5.74) is 1.26. The second-order valence-corrected chi connectivity index (χ2v) is 5.63. The van der Waals surface area contributed by atoms with Crippen molar-refractivity contribution < 1.29 is 9.47 Å². The van der Waals surface area contributed by atoms with Gasteiger partial charge in [0.1, 0.15) is 5.75 Å². The normalized spacial score (nSPS) is 11.0. The van der Waals surface area contributed by atoms with E-state index < -0.39 is 0 Å². The smallest absolute Gasteiger partial charge is 0.133 e. The fourth-order valence-corrected chi connectivity index (χ4v) is 2.31. The molecule has 3 nitrogen and oxygen atoms in total. The average Bonchev–Trinajstić information content (AvgIpc) is 2.37. The SMILES string of the molecule is COc1ccc(CNCCCCOC(C)C)cc1Br. The number of halogens is 1. The molecule has 0 fully saturated rings. The van der Waals surface area contributed by atoms with Crippen molar-refractivity contribution in [2.45, 2.75) is 39.3 Å². The molecule has 0 aliphatic rings. The Morgan fingerprint density at radius 1 is 1.26 bits per heavy atom. The molecule has 0 aromatic heterocycles. The highest BCUT2D eigenvalue weighted by Gasteiger charge is 2.01. The molecule has 0 atom stereocenters. The van der Waals surface area contributed by atoms with Crippen molar-refractivity contribution >= 4 is 15.9 Å². The standard InChI is InChI=1S/C15H24BrNO2/c1-12(2)19-9-5-4-8-17-11-13-6-7-15(18-3)14(16)10-13/h6-7,10,12,17H,4-5,8-9,11H2,1-3H3. The Morgan fingerprint density at radius 3 is 2.68 bits per heavy atom. The summed E-state index contributed by atoms with van der Waals surface area (Å²) in [6.45, 7) is 6.89. The topological polar surface area (TPSA) is 30.5 Å². The largest absolute Gasteiger partial charge is 0.496 e. The minimum Gasteiger partial charge on any atom is -0.496 e. The van der Waals surface area contributed by atoms with Crippen molar-refractivity contribution in [2.24, 2.45) is 0 Å². The third-order valence-corrected chi connectivity index (χ3v) is 3.36. The molecular formula is C15H24BrNO2. The molecule has 0 saturated heterocycles. The van der Waals surface area contributed by atoms with Crippen LogP contribution in [0.3, 0.4) is 0 Å².